The van der Waals surface area contributed by atoms with Crippen LogP contribution in [0.4, 0.5) is 23.0 Å². The fourth-order valence-corrected chi connectivity index (χ4v) is 3.57. The number of amides is 1. The molecule has 29 heavy (non-hydrogen) atoms. The SMILES string of the molecule is CCN(C(=O)c1cnc(Nc2ccc(N3CCCC3)cc2)nc1)c1ccccc1. The smallest absolute Gasteiger partial charge is 0.261 e. The van der Waals surface area contributed by atoms with Crippen LogP contribution >= 0.6 is 0 Å². The molecule has 0 unspecified atom stereocenters. The van der Waals surface area contributed by atoms with E-state index in [1.54, 1.807) is 17.3 Å². The maximum atomic E-state index is 12.8. The molecule has 0 bridgehead atoms. The third kappa shape index (κ3) is 4.37. The van der Waals surface area contributed by atoms with Crippen molar-refractivity contribution in [3.05, 3.63) is 72.6 Å². The predicted molar refractivity (Wildman–Crippen MR) is 117 cm³/mol. The maximum Gasteiger partial charge on any atom is 0.261 e. The molecule has 6 heteroatoms. The van der Waals surface area contributed by atoms with Gasteiger partial charge in [-0.05, 0) is 56.2 Å². The summed E-state index contributed by atoms with van der Waals surface area (Å²) in [6, 6.07) is 17.9. The first-order valence-corrected chi connectivity index (χ1v) is 10.1. The normalized spacial score (nSPS) is 13.3. The first kappa shape index (κ1) is 18.9. The van der Waals surface area contributed by atoms with E-state index in [0.29, 0.717) is 18.1 Å². The minimum atomic E-state index is -0.111. The van der Waals surface area contributed by atoms with Crippen LogP contribution in [0.25, 0.3) is 0 Å². The van der Waals surface area contributed by atoms with Crippen LogP contribution in [-0.4, -0.2) is 35.5 Å². The van der Waals surface area contributed by atoms with E-state index in [9.17, 15) is 4.79 Å². The molecule has 148 valence electrons. The van der Waals surface area contributed by atoms with E-state index in [2.05, 4.69) is 32.3 Å². The van der Waals surface area contributed by atoms with Gasteiger partial charge in [-0.2, -0.15) is 0 Å². The Hall–Kier alpha value is -3.41. The Morgan fingerprint density at radius 1 is 1.00 bits per heavy atom. The van der Waals surface area contributed by atoms with Gasteiger partial charge in [0.15, 0.2) is 0 Å². The van der Waals surface area contributed by atoms with Crippen LogP contribution in [0.5, 0.6) is 0 Å². The van der Waals surface area contributed by atoms with E-state index in [1.807, 2.05) is 49.4 Å². The lowest BCUT2D eigenvalue weighted by Gasteiger charge is -2.20. The second-order valence-electron chi connectivity index (χ2n) is 7.05. The summed E-state index contributed by atoms with van der Waals surface area (Å²) in [5.74, 6) is 0.360. The summed E-state index contributed by atoms with van der Waals surface area (Å²) in [5.41, 5.74) is 3.49. The molecule has 0 atom stereocenters. The van der Waals surface area contributed by atoms with E-state index in [1.165, 1.54) is 18.5 Å². The Kier molecular flexibility index (Phi) is 5.70. The van der Waals surface area contributed by atoms with Gasteiger partial charge in [-0.25, -0.2) is 9.97 Å². The van der Waals surface area contributed by atoms with Crippen LogP contribution in [0.2, 0.25) is 0 Å². The van der Waals surface area contributed by atoms with E-state index < -0.39 is 0 Å². The van der Waals surface area contributed by atoms with Gasteiger partial charge in [-0.3, -0.25) is 4.79 Å². The van der Waals surface area contributed by atoms with Gasteiger partial charge < -0.3 is 15.1 Å². The number of rotatable bonds is 6. The summed E-state index contributed by atoms with van der Waals surface area (Å²) in [7, 11) is 0. The number of para-hydroxylation sites is 1. The van der Waals surface area contributed by atoms with Crippen molar-refractivity contribution in [2.24, 2.45) is 0 Å². The molecule has 2 aromatic carbocycles. The molecule has 1 N–H and O–H groups in total. The molecule has 1 fully saturated rings. The largest absolute Gasteiger partial charge is 0.372 e. The quantitative estimate of drug-likeness (QED) is 0.675. The second kappa shape index (κ2) is 8.73. The predicted octanol–water partition coefficient (Wildman–Crippen LogP) is 4.49. The van der Waals surface area contributed by atoms with Crippen molar-refractivity contribution >= 4 is 28.9 Å². The highest BCUT2D eigenvalue weighted by atomic mass is 16.2. The van der Waals surface area contributed by atoms with E-state index in [0.717, 1.165) is 24.5 Å². The molecule has 2 heterocycles. The van der Waals surface area contributed by atoms with Crippen LogP contribution < -0.4 is 15.1 Å². The molecule has 1 aromatic heterocycles. The van der Waals surface area contributed by atoms with Crippen LogP contribution in [0.1, 0.15) is 30.1 Å². The molecule has 3 aromatic rings. The topological polar surface area (TPSA) is 61.4 Å². The van der Waals surface area contributed by atoms with Gasteiger partial charge in [0.25, 0.3) is 5.91 Å². The Morgan fingerprint density at radius 2 is 1.66 bits per heavy atom. The van der Waals surface area contributed by atoms with Gasteiger partial charge in [-0.1, -0.05) is 18.2 Å². The lowest BCUT2D eigenvalue weighted by molar-refractivity contribution is 0.0987. The Morgan fingerprint density at radius 3 is 2.28 bits per heavy atom. The number of hydrogen-bond acceptors (Lipinski definition) is 5. The number of hydrogen-bond donors (Lipinski definition) is 1. The number of anilines is 4. The number of aromatic nitrogens is 2. The average molecular weight is 387 g/mol. The molecule has 0 spiro atoms. The third-order valence-corrected chi connectivity index (χ3v) is 5.12. The Bertz CT molecular complexity index is 935. The number of carbonyl (C=O) groups excluding carboxylic acids is 1. The zero-order valence-electron chi connectivity index (χ0n) is 16.6. The molecular formula is C23H25N5O. The summed E-state index contributed by atoms with van der Waals surface area (Å²) in [5, 5.41) is 3.20. The molecule has 0 aliphatic carbocycles. The first-order valence-electron chi connectivity index (χ1n) is 10.1. The monoisotopic (exact) mass is 387 g/mol. The third-order valence-electron chi connectivity index (χ3n) is 5.12. The number of carbonyl (C=O) groups is 1. The van der Waals surface area contributed by atoms with Gasteiger partial charge in [0, 0.05) is 49.1 Å². The van der Waals surface area contributed by atoms with Crippen LogP contribution in [-0.2, 0) is 0 Å². The molecule has 6 nitrogen and oxygen atoms in total. The van der Waals surface area contributed by atoms with Gasteiger partial charge in [0.05, 0.1) is 5.56 Å². The minimum absolute atomic E-state index is 0.111. The Labute approximate surface area is 171 Å². The first-order chi connectivity index (χ1) is 14.2. The number of benzene rings is 2. The van der Waals surface area contributed by atoms with Crippen molar-refractivity contribution in [2.45, 2.75) is 19.8 Å². The summed E-state index contributed by atoms with van der Waals surface area (Å²) in [6.45, 7) is 4.78. The molecule has 0 radical (unpaired) electrons. The van der Waals surface area contributed by atoms with Crippen LogP contribution in [0.15, 0.2) is 67.0 Å². The summed E-state index contributed by atoms with van der Waals surface area (Å²) in [6.07, 6.45) is 5.67. The maximum absolute atomic E-state index is 12.8. The lowest BCUT2D eigenvalue weighted by atomic mass is 10.2. The van der Waals surface area contributed by atoms with Crippen molar-refractivity contribution in [3.63, 3.8) is 0 Å². The lowest BCUT2D eigenvalue weighted by Crippen LogP contribution is -2.30. The van der Waals surface area contributed by atoms with Gasteiger partial charge in [0.1, 0.15) is 0 Å². The molecule has 1 aliphatic heterocycles. The van der Waals surface area contributed by atoms with Gasteiger partial charge in [0.2, 0.25) is 5.95 Å². The standard InChI is InChI=1S/C23H25N5O/c1-2-28(21-8-4-3-5-9-21)22(29)18-16-24-23(25-17-18)26-19-10-12-20(13-11-19)27-14-6-7-15-27/h3-5,8-13,16-17H,2,6-7,14-15H2,1H3,(H,24,25,26). The van der Waals surface area contributed by atoms with Crippen molar-refractivity contribution in [1.82, 2.24) is 9.97 Å². The molecule has 1 aliphatic rings. The number of nitrogens with one attached hydrogen (secondary N) is 1. The summed E-state index contributed by atoms with van der Waals surface area (Å²) < 4.78 is 0. The zero-order chi connectivity index (χ0) is 20.1. The van der Waals surface area contributed by atoms with Gasteiger partial charge in [-0.15, -0.1) is 0 Å². The fourth-order valence-electron chi connectivity index (χ4n) is 3.57. The number of nitrogens with zero attached hydrogens (tertiary/aromatic N) is 4. The molecule has 1 amide bonds. The summed E-state index contributed by atoms with van der Waals surface area (Å²) in [4.78, 5) is 25.6. The second-order valence-corrected chi connectivity index (χ2v) is 7.05. The molecule has 0 saturated carbocycles. The summed E-state index contributed by atoms with van der Waals surface area (Å²) >= 11 is 0. The van der Waals surface area contributed by atoms with Crippen molar-refractivity contribution in [3.8, 4) is 0 Å². The highest BCUT2D eigenvalue weighted by Crippen LogP contribution is 2.23. The molecular weight excluding hydrogens is 362 g/mol. The minimum Gasteiger partial charge on any atom is -0.372 e. The van der Waals surface area contributed by atoms with E-state index in [-0.39, 0.29) is 5.91 Å². The highest BCUT2D eigenvalue weighted by Gasteiger charge is 2.17. The van der Waals surface area contributed by atoms with Crippen molar-refractivity contribution < 1.29 is 4.79 Å². The van der Waals surface area contributed by atoms with Gasteiger partial charge >= 0.3 is 0 Å². The van der Waals surface area contributed by atoms with E-state index >= 15 is 0 Å². The Balaban J connectivity index is 1.43. The zero-order valence-corrected chi connectivity index (χ0v) is 16.6. The van der Waals surface area contributed by atoms with Crippen molar-refractivity contribution in [1.29, 1.82) is 0 Å². The van der Waals surface area contributed by atoms with Crippen molar-refractivity contribution in [2.75, 3.05) is 34.8 Å². The molecule has 1 saturated heterocycles. The average Bonchev–Trinajstić information content (AvgIpc) is 3.31. The molecule has 4 rings (SSSR count). The van der Waals surface area contributed by atoms with Crippen LogP contribution in [0, 0.1) is 0 Å². The van der Waals surface area contributed by atoms with Crippen LogP contribution in [0.3, 0.4) is 0 Å². The highest BCUT2D eigenvalue weighted by molar-refractivity contribution is 6.05. The van der Waals surface area contributed by atoms with E-state index in [4.69, 9.17) is 0 Å². The fraction of sp³-hybridized carbons (Fsp3) is 0.261.